The van der Waals surface area contributed by atoms with Gasteiger partial charge in [0.1, 0.15) is 0 Å². The molecule has 0 fully saturated rings. The Bertz CT molecular complexity index is 295. The van der Waals surface area contributed by atoms with Crippen LogP contribution in [0.15, 0.2) is 0 Å². The van der Waals surface area contributed by atoms with Crippen LogP contribution in [0.4, 0.5) is 4.79 Å². The van der Waals surface area contributed by atoms with Crippen LogP contribution in [-0.2, 0) is 9.59 Å². The third-order valence-electron chi connectivity index (χ3n) is 1.95. The first-order valence-electron chi connectivity index (χ1n) is 5.66. The Kier molecular flexibility index (Phi) is 8.29. The predicted molar refractivity (Wildman–Crippen MR) is 63.0 cm³/mol. The second kappa shape index (κ2) is 9.23. The average molecular weight is 261 g/mol. The number of urea groups is 1. The van der Waals surface area contributed by atoms with Gasteiger partial charge >= 0.3 is 12.0 Å². The number of aliphatic hydroxyl groups is 1. The van der Waals surface area contributed by atoms with Crippen molar-refractivity contribution in [1.29, 1.82) is 0 Å². The van der Waals surface area contributed by atoms with E-state index >= 15 is 0 Å². The molecule has 8 nitrogen and oxygen atoms in total. The summed E-state index contributed by atoms with van der Waals surface area (Å²) in [5, 5.41) is 24.4. The van der Waals surface area contributed by atoms with Crippen LogP contribution >= 0.6 is 0 Å². The van der Waals surface area contributed by atoms with E-state index in [1.807, 2.05) is 6.92 Å². The quantitative estimate of drug-likeness (QED) is 0.369. The fourth-order valence-corrected chi connectivity index (χ4v) is 0.982. The first-order valence-corrected chi connectivity index (χ1v) is 5.66. The van der Waals surface area contributed by atoms with E-state index in [1.54, 1.807) is 0 Å². The molecule has 0 aromatic rings. The van der Waals surface area contributed by atoms with Crippen LogP contribution < -0.4 is 16.0 Å². The molecule has 0 radical (unpaired) electrons. The van der Waals surface area contributed by atoms with Gasteiger partial charge in [0, 0.05) is 19.5 Å². The molecule has 0 aromatic heterocycles. The van der Waals surface area contributed by atoms with E-state index < -0.39 is 18.1 Å². The van der Waals surface area contributed by atoms with Crippen LogP contribution in [0, 0.1) is 0 Å². The van der Waals surface area contributed by atoms with Crippen LogP contribution in [0.3, 0.4) is 0 Å². The van der Waals surface area contributed by atoms with Crippen LogP contribution in [0.1, 0.15) is 19.8 Å². The Labute approximate surface area is 105 Å². The summed E-state index contributed by atoms with van der Waals surface area (Å²) in [6.45, 7) is 2.28. The lowest BCUT2D eigenvalue weighted by Crippen LogP contribution is -2.43. The maximum absolute atomic E-state index is 11.1. The van der Waals surface area contributed by atoms with E-state index in [2.05, 4.69) is 16.0 Å². The van der Waals surface area contributed by atoms with Crippen molar-refractivity contribution in [2.24, 2.45) is 0 Å². The first kappa shape index (κ1) is 16.2. The van der Waals surface area contributed by atoms with E-state index in [1.165, 1.54) is 0 Å². The Morgan fingerprint density at radius 3 is 2.33 bits per heavy atom. The minimum absolute atomic E-state index is 0.143. The largest absolute Gasteiger partial charge is 0.479 e. The molecular formula is C10H19N3O5. The molecule has 3 amide bonds. The minimum atomic E-state index is -1.64. The van der Waals surface area contributed by atoms with Crippen molar-refractivity contribution in [1.82, 2.24) is 16.0 Å². The molecule has 8 heteroatoms. The monoisotopic (exact) mass is 261 g/mol. The van der Waals surface area contributed by atoms with Gasteiger partial charge in [-0.2, -0.15) is 0 Å². The molecular weight excluding hydrogens is 242 g/mol. The van der Waals surface area contributed by atoms with E-state index in [0.29, 0.717) is 6.54 Å². The summed E-state index contributed by atoms with van der Waals surface area (Å²) in [5.74, 6) is -1.57. The number of aliphatic carboxylic acids is 1. The zero-order chi connectivity index (χ0) is 14.0. The Morgan fingerprint density at radius 1 is 1.11 bits per heavy atom. The summed E-state index contributed by atoms with van der Waals surface area (Å²) >= 11 is 0. The number of carboxylic acid groups (broad SMARTS) is 1. The molecule has 0 aliphatic heterocycles. The highest BCUT2D eigenvalue weighted by Crippen LogP contribution is 1.81. The van der Waals surface area contributed by atoms with Gasteiger partial charge in [-0.1, -0.05) is 6.92 Å². The lowest BCUT2D eigenvalue weighted by atomic mass is 10.3. The summed E-state index contributed by atoms with van der Waals surface area (Å²) in [6.07, 6.45) is -0.648. The summed E-state index contributed by atoms with van der Waals surface area (Å²) in [4.78, 5) is 32.5. The number of hydrogen-bond donors (Lipinski definition) is 5. The number of carbonyl (C=O) groups excluding carboxylic acids is 2. The number of carbonyl (C=O) groups is 3. The Hall–Kier alpha value is -1.83. The molecule has 0 unspecified atom stereocenters. The molecule has 0 bridgehead atoms. The average Bonchev–Trinajstić information content (AvgIpc) is 2.33. The van der Waals surface area contributed by atoms with Crippen molar-refractivity contribution in [3.8, 4) is 0 Å². The smallest absolute Gasteiger partial charge is 0.334 e. The highest BCUT2D eigenvalue weighted by Gasteiger charge is 2.13. The highest BCUT2D eigenvalue weighted by atomic mass is 16.4. The van der Waals surface area contributed by atoms with Gasteiger partial charge in [0.15, 0.2) is 6.10 Å². The zero-order valence-corrected chi connectivity index (χ0v) is 10.2. The topological polar surface area (TPSA) is 128 Å². The molecule has 0 heterocycles. The molecule has 0 spiro atoms. The van der Waals surface area contributed by atoms with Gasteiger partial charge in [-0.3, -0.25) is 4.79 Å². The summed E-state index contributed by atoms with van der Waals surface area (Å²) in [6, 6.07) is -0.626. The normalized spacial score (nSPS) is 11.4. The third-order valence-corrected chi connectivity index (χ3v) is 1.95. The van der Waals surface area contributed by atoms with Crippen LogP contribution in [0.25, 0.3) is 0 Å². The van der Waals surface area contributed by atoms with Gasteiger partial charge in [0.2, 0.25) is 5.91 Å². The molecule has 104 valence electrons. The molecule has 18 heavy (non-hydrogen) atoms. The summed E-state index contributed by atoms with van der Waals surface area (Å²) in [7, 11) is 0. The number of amides is 3. The lowest BCUT2D eigenvalue weighted by molar-refractivity contribution is -0.146. The van der Waals surface area contributed by atoms with Crippen molar-refractivity contribution >= 4 is 17.9 Å². The number of carboxylic acids is 1. The molecule has 0 aliphatic rings. The summed E-state index contributed by atoms with van der Waals surface area (Å²) in [5.41, 5.74) is 0. The lowest BCUT2D eigenvalue weighted by Gasteiger charge is -2.09. The highest BCUT2D eigenvalue weighted by molar-refractivity contribution is 5.78. The van der Waals surface area contributed by atoms with Gasteiger partial charge in [-0.15, -0.1) is 0 Å². The van der Waals surface area contributed by atoms with Gasteiger partial charge < -0.3 is 26.2 Å². The molecule has 0 saturated heterocycles. The fourth-order valence-electron chi connectivity index (χ4n) is 0.982. The molecule has 5 N–H and O–H groups in total. The SMILES string of the molecule is CCCNC(=O)CCNC(=O)NC[C@H](O)C(=O)O. The molecule has 0 aromatic carbocycles. The van der Waals surface area contributed by atoms with Crippen molar-refractivity contribution in [3.05, 3.63) is 0 Å². The van der Waals surface area contributed by atoms with Gasteiger partial charge in [0.05, 0.1) is 6.54 Å². The second-order valence-corrected chi connectivity index (χ2v) is 3.59. The number of nitrogens with one attached hydrogen (secondary N) is 3. The van der Waals surface area contributed by atoms with Crippen molar-refractivity contribution in [2.75, 3.05) is 19.6 Å². The third kappa shape index (κ3) is 8.34. The maximum Gasteiger partial charge on any atom is 0.334 e. The van der Waals surface area contributed by atoms with Crippen molar-refractivity contribution in [3.63, 3.8) is 0 Å². The van der Waals surface area contributed by atoms with Gasteiger partial charge in [-0.25, -0.2) is 9.59 Å². The van der Waals surface area contributed by atoms with Gasteiger partial charge in [-0.05, 0) is 6.42 Å². The van der Waals surface area contributed by atoms with E-state index in [4.69, 9.17) is 10.2 Å². The van der Waals surface area contributed by atoms with Crippen molar-refractivity contribution in [2.45, 2.75) is 25.9 Å². The Morgan fingerprint density at radius 2 is 1.78 bits per heavy atom. The molecule has 0 saturated carbocycles. The van der Waals surface area contributed by atoms with Crippen LogP contribution in [-0.4, -0.2) is 53.9 Å². The second-order valence-electron chi connectivity index (χ2n) is 3.59. The Balaban J connectivity index is 3.59. The minimum Gasteiger partial charge on any atom is -0.479 e. The summed E-state index contributed by atoms with van der Waals surface area (Å²) < 4.78 is 0. The number of rotatable bonds is 8. The fraction of sp³-hybridized carbons (Fsp3) is 0.700. The van der Waals surface area contributed by atoms with Gasteiger partial charge in [0.25, 0.3) is 0 Å². The number of aliphatic hydroxyl groups excluding tert-OH is 1. The zero-order valence-electron chi connectivity index (χ0n) is 10.2. The standard InChI is InChI=1S/C10H19N3O5/c1-2-4-11-8(15)3-5-12-10(18)13-6-7(14)9(16)17/h7,14H,2-6H2,1H3,(H,11,15)(H,16,17)(H2,12,13,18)/t7-/m0/s1. The molecule has 0 aliphatic carbocycles. The number of hydrogen-bond acceptors (Lipinski definition) is 4. The predicted octanol–water partition coefficient (Wildman–Crippen LogP) is -1.35. The van der Waals surface area contributed by atoms with Crippen LogP contribution in [0.5, 0.6) is 0 Å². The van der Waals surface area contributed by atoms with E-state index in [-0.39, 0.29) is 25.4 Å². The van der Waals surface area contributed by atoms with Crippen LogP contribution in [0.2, 0.25) is 0 Å². The first-order chi connectivity index (χ1) is 8.47. The van der Waals surface area contributed by atoms with Crippen molar-refractivity contribution < 1.29 is 24.6 Å². The van der Waals surface area contributed by atoms with E-state index in [9.17, 15) is 14.4 Å². The molecule has 1 atom stereocenters. The molecule has 0 rings (SSSR count). The van der Waals surface area contributed by atoms with E-state index in [0.717, 1.165) is 6.42 Å². The maximum atomic E-state index is 11.1.